The predicted octanol–water partition coefficient (Wildman–Crippen LogP) is 2.80. The fraction of sp³-hybridized carbons (Fsp3) is 0.500. The first-order valence-corrected chi connectivity index (χ1v) is 7.02. The van der Waals surface area contributed by atoms with Crippen LogP contribution in [0.2, 0.25) is 0 Å². The summed E-state index contributed by atoms with van der Waals surface area (Å²) in [5.74, 6) is -0.528. The third kappa shape index (κ3) is 5.43. The molecule has 0 aromatic heterocycles. The van der Waals surface area contributed by atoms with E-state index in [-0.39, 0.29) is 18.4 Å². The summed E-state index contributed by atoms with van der Waals surface area (Å²) >= 11 is 0. The molecule has 0 aliphatic rings. The van der Waals surface area contributed by atoms with Gasteiger partial charge in [0.15, 0.2) is 0 Å². The smallest absolute Gasteiger partial charge is 0.325 e. The molecule has 0 spiro atoms. The standard InChI is InChI=1S/C16H23NO3/c1-4-5-6-11-20-15(18)12-17(3)16(19)14-9-7-13(2)8-10-14/h7-10H,4-6,11-12H2,1-3H3. The summed E-state index contributed by atoms with van der Waals surface area (Å²) in [6, 6.07) is 7.29. The Morgan fingerprint density at radius 2 is 1.80 bits per heavy atom. The van der Waals surface area contributed by atoms with Crippen LogP contribution < -0.4 is 0 Å². The number of carbonyl (C=O) groups is 2. The lowest BCUT2D eigenvalue weighted by atomic mass is 10.1. The molecule has 0 heterocycles. The van der Waals surface area contributed by atoms with E-state index in [1.165, 1.54) is 4.90 Å². The highest BCUT2D eigenvalue weighted by molar-refractivity contribution is 5.95. The molecular formula is C16H23NO3. The topological polar surface area (TPSA) is 46.6 Å². The first-order valence-electron chi connectivity index (χ1n) is 7.02. The number of aryl methyl sites for hydroxylation is 1. The molecule has 1 amide bonds. The molecule has 0 radical (unpaired) electrons. The number of likely N-dealkylation sites (N-methyl/N-ethyl adjacent to an activating group) is 1. The average Bonchev–Trinajstić information content (AvgIpc) is 2.43. The molecule has 0 bridgehead atoms. The summed E-state index contributed by atoms with van der Waals surface area (Å²) in [6.07, 6.45) is 3.01. The van der Waals surface area contributed by atoms with Crippen molar-refractivity contribution in [2.75, 3.05) is 20.2 Å². The third-order valence-electron chi connectivity index (χ3n) is 3.02. The molecule has 0 saturated carbocycles. The molecule has 0 saturated heterocycles. The first kappa shape index (κ1) is 16.2. The Labute approximate surface area is 120 Å². The molecule has 0 aliphatic heterocycles. The van der Waals surface area contributed by atoms with Crippen molar-refractivity contribution in [3.05, 3.63) is 35.4 Å². The van der Waals surface area contributed by atoms with Crippen LogP contribution in [-0.2, 0) is 9.53 Å². The van der Waals surface area contributed by atoms with Gasteiger partial charge in [0.1, 0.15) is 6.54 Å². The van der Waals surface area contributed by atoms with E-state index in [1.807, 2.05) is 19.1 Å². The number of benzene rings is 1. The summed E-state index contributed by atoms with van der Waals surface area (Å²) in [5.41, 5.74) is 1.68. The molecule has 1 aromatic carbocycles. The van der Waals surface area contributed by atoms with E-state index < -0.39 is 0 Å². The van der Waals surface area contributed by atoms with E-state index in [1.54, 1.807) is 19.2 Å². The molecule has 0 aliphatic carbocycles. The van der Waals surface area contributed by atoms with Crippen LogP contribution in [0, 0.1) is 6.92 Å². The van der Waals surface area contributed by atoms with Gasteiger partial charge in [0, 0.05) is 12.6 Å². The van der Waals surface area contributed by atoms with Gasteiger partial charge in [-0.1, -0.05) is 37.5 Å². The quantitative estimate of drug-likeness (QED) is 0.568. The van der Waals surface area contributed by atoms with Crippen LogP contribution in [0.3, 0.4) is 0 Å². The lowest BCUT2D eigenvalue weighted by Gasteiger charge is -2.16. The number of unbranched alkanes of at least 4 members (excludes halogenated alkanes) is 2. The Balaban J connectivity index is 2.41. The van der Waals surface area contributed by atoms with Crippen molar-refractivity contribution in [3.63, 3.8) is 0 Å². The minimum absolute atomic E-state index is 0.0150. The second-order valence-electron chi connectivity index (χ2n) is 4.95. The molecule has 20 heavy (non-hydrogen) atoms. The number of ether oxygens (including phenoxy) is 1. The Bertz CT molecular complexity index is 440. The second-order valence-corrected chi connectivity index (χ2v) is 4.95. The van der Waals surface area contributed by atoms with E-state index in [4.69, 9.17) is 4.74 Å². The first-order chi connectivity index (χ1) is 9.54. The van der Waals surface area contributed by atoms with Gasteiger partial charge in [-0.2, -0.15) is 0 Å². The summed E-state index contributed by atoms with van der Waals surface area (Å²) in [5, 5.41) is 0. The monoisotopic (exact) mass is 277 g/mol. The van der Waals surface area contributed by atoms with Gasteiger partial charge in [-0.15, -0.1) is 0 Å². The number of carbonyl (C=O) groups excluding carboxylic acids is 2. The summed E-state index contributed by atoms with van der Waals surface area (Å²) < 4.78 is 5.09. The highest BCUT2D eigenvalue weighted by Crippen LogP contribution is 2.06. The molecule has 0 N–H and O–H groups in total. The van der Waals surface area contributed by atoms with Gasteiger partial charge in [0.05, 0.1) is 6.61 Å². The van der Waals surface area contributed by atoms with Gasteiger partial charge in [-0.05, 0) is 25.5 Å². The van der Waals surface area contributed by atoms with Gasteiger partial charge in [0.25, 0.3) is 5.91 Å². The van der Waals surface area contributed by atoms with Crippen LogP contribution >= 0.6 is 0 Å². The summed E-state index contributed by atoms with van der Waals surface area (Å²) in [4.78, 5) is 25.1. The zero-order valence-electron chi connectivity index (χ0n) is 12.5. The maximum atomic E-state index is 12.1. The number of hydrogen-bond acceptors (Lipinski definition) is 3. The second kappa shape index (κ2) is 8.35. The molecule has 1 aromatic rings. The molecule has 110 valence electrons. The van der Waals surface area contributed by atoms with Gasteiger partial charge in [0.2, 0.25) is 0 Å². The lowest BCUT2D eigenvalue weighted by Crippen LogP contribution is -2.33. The molecule has 0 atom stereocenters. The molecule has 0 fully saturated rings. The van der Waals surface area contributed by atoms with Crippen LogP contribution in [-0.4, -0.2) is 37.0 Å². The van der Waals surface area contributed by atoms with Crippen molar-refractivity contribution >= 4 is 11.9 Å². The van der Waals surface area contributed by atoms with Crippen molar-refractivity contribution in [3.8, 4) is 0 Å². The molecule has 4 heteroatoms. The van der Waals surface area contributed by atoms with E-state index in [0.29, 0.717) is 12.2 Å². The van der Waals surface area contributed by atoms with Crippen molar-refractivity contribution in [1.29, 1.82) is 0 Å². The fourth-order valence-corrected chi connectivity index (χ4v) is 1.77. The van der Waals surface area contributed by atoms with E-state index in [2.05, 4.69) is 6.92 Å². The minimum atomic E-state index is -0.357. The van der Waals surface area contributed by atoms with Gasteiger partial charge >= 0.3 is 5.97 Å². The van der Waals surface area contributed by atoms with Crippen molar-refractivity contribution in [1.82, 2.24) is 4.90 Å². The van der Waals surface area contributed by atoms with Crippen molar-refractivity contribution < 1.29 is 14.3 Å². The number of esters is 1. The van der Waals surface area contributed by atoms with Crippen LogP contribution in [0.15, 0.2) is 24.3 Å². The SMILES string of the molecule is CCCCCOC(=O)CN(C)C(=O)c1ccc(C)cc1. The Hall–Kier alpha value is -1.84. The maximum Gasteiger partial charge on any atom is 0.325 e. The zero-order chi connectivity index (χ0) is 15.0. The Morgan fingerprint density at radius 1 is 1.15 bits per heavy atom. The largest absolute Gasteiger partial charge is 0.464 e. The van der Waals surface area contributed by atoms with E-state index in [9.17, 15) is 9.59 Å². The van der Waals surface area contributed by atoms with E-state index in [0.717, 1.165) is 24.8 Å². The fourth-order valence-electron chi connectivity index (χ4n) is 1.77. The van der Waals surface area contributed by atoms with Crippen LogP contribution in [0.5, 0.6) is 0 Å². The normalized spacial score (nSPS) is 10.2. The van der Waals surface area contributed by atoms with E-state index >= 15 is 0 Å². The average molecular weight is 277 g/mol. The molecule has 1 rings (SSSR count). The van der Waals surface area contributed by atoms with Crippen molar-refractivity contribution in [2.24, 2.45) is 0 Å². The molecule has 4 nitrogen and oxygen atoms in total. The molecular weight excluding hydrogens is 254 g/mol. The van der Waals surface area contributed by atoms with Crippen molar-refractivity contribution in [2.45, 2.75) is 33.1 Å². The van der Waals surface area contributed by atoms with Crippen LogP contribution in [0.25, 0.3) is 0 Å². The summed E-state index contributed by atoms with van der Waals surface area (Å²) in [6.45, 7) is 4.47. The minimum Gasteiger partial charge on any atom is -0.464 e. The zero-order valence-corrected chi connectivity index (χ0v) is 12.5. The summed E-state index contributed by atoms with van der Waals surface area (Å²) in [7, 11) is 1.61. The third-order valence-corrected chi connectivity index (χ3v) is 3.02. The van der Waals surface area contributed by atoms with Crippen LogP contribution in [0.4, 0.5) is 0 Å². The van der Waals surface area contributed by atoms with Crippen LogP contribution in [0.1, 0.15) is 42.1 Å². The van der Waals surface area contributed by atoms with Gasteiger partial charge in [-0.25, -0.2) is 0 Å². The number of amides is 1. The lowest BCUT2D eigenvalue weighted by molar-refractivity contribution is -0.144. The van der Waals surface area contributed by atoms with Gasteiger partial charge < -0.3 is 9.64 Å². The highest BCUT2D eigenvalue weighted by Gasteiger charge is 2.15. The predicted molar refractivity (Wildman–Crippen MR) is 78.6 cm³/mol. The number of nitrogens with zero attached hydrogens (tertiary/aromatic N) is 1. The molecule has 0 unspecified atom stereocenters. The Morgan fingerprint density at radius 3 is 2.40 bits per heavy atom. The number of hydrogen-bond donors (Lipinski definition) is 0. The highest BCUT2D eigenvalue weighted by atomic mass is 16.5. The van der Waals surface area contributed by atoms with Gasteiger partial charge in [-0.3, -0.25) is 9.59 Å². The Kier molecular flexibility index (Phi) is 6.77. The maximum absolute atomic E-state index is 12.1. The number of rotatable bonds is 7.